The number of fused-ring (bicyclic) bond motifs is 1. The SMILES string of the molecule is COc1ccc(-n2c(=S)[nH]c3ccc(C)nc32)c(C)c1. The summed E-state index contributed by atoms with van der Waals surface area (Å²) in [7, 11) is 1.66. The van der Waals surface area contributed by atoms with Crippen LogP contribution in [-0.2, 0) is 0 Å². The molecule has 2 heterocycles. The Morgan fingerprint density at radius 3 is 2.70 bits per heavy atom. The average Bonchev–Trinajstić information content (AvgIpc) is 2.74. The number of H-pyrrole nitrogens is 1. The molecular formula is C15H15N3OS. The fourth-order valence-electron chi connectivity index (χ4n) is 2.31. The van der Waals surface area contributed by atoms with E-state index in [0.29, 0.717) is 4.77 Å². The van der Waals surface area contributed by atoms with Gasteiger partial charge in [0.25, 0.3) is 0 Å². The normalized spacial score (nSPS) is 10.9. The van der Waals surface area contributed by atoms with E-state index in [4.69, 9.17) is 17.0 Å². The fraction of sp³-hybridized carbons (Fsp3) is 0.200. The van der Waals surface area contributed by atoms with E-state index < -0.39 is 0 Å². The van der Waals surface area contributed by atoms with Gasteiger partial charge < -0.3 is 9.72 Å². The first-order chi connectivity index (χ1) is 9.60. The highest BCUT2D eigenvalue weighted by atomic mass is 32.1. The molecule has 0 aliphatic heterocycles. The van der Waals surface area contributed by atoms with Crippen LogP contribution < -0.4 is 4.74 Å². The second-order valence-electron chi connectivity index (χ2n) is 4.74. The van der Waals surface area contributed by atoms with Crippen LogP contribution in [0.3, 0.4) is 0 Å². The molecule has 0 radical (unpaired) electrons. The van der Waals surface area contributed by atoms with Gasteiger partial charge in [-0.1, -0.05) is 0 Å². The Labute approximate surface area is 122 Å². The summed E-state index contributed by atoms with van der Waals surface area (Å²) in [5.41, 5.74) is 4.86. The van der Waals surface area contributed by atoms with Crippen LogP contribution in [0.5, 0.6) is 5.75 Å². The van der Waals surface area contributed by atoms with Gasteiger partial charge in [-0.25, -0.2) is 4.98 Å². The predicted octanol–water partition coefficient (Wildman–Crippen LogP) is 3.71. The summed E-state index contributed by atoms with van der Waals surface area (Å²) in [5, 5.41) is 0. The van der Waals surface area contributed by atoms with Gasteiger partial charge in [0, 0.05) is 5.69 Å². The summed E-state index contributed by atoms with van der Waals surface area (Å²) in [6.45, 7) is 4.01. The Kier molecular flexibility index (Phi) is 3.06. The Hall–Kier alpha value is -2.14. The number of nitrogens with one attached hydrogen (secondary N) is 1. The molecule has 0 saturated carbocycles. The quantitative estimate of drug-likeness (QED) is 0.730. The molecule has 1 N–H and O–H groups in total. The Balaban J connectivity index is 2.31. The first-order valence-corrected chi connectivity index (χ1v) is 6.74. The van der Waals surface area contributed by atoms with Crippen molar-refractivity contribution in [1.82, 2.24) is 14.5 Å². The molecule has 5 heteroatoms. The largest absolute Gasteiger partial charge is 0.497 e. The lowest BCUT2D eigenvalue weighted by atomic mass is 10.2. The number of hydrogen-bond donors (Lipinski definition) is 1. The smallest absolute Gasteiger partial charge is 0.184 e. The summed E-state index contributed by atoms with van der Waals surface area (Å²) >= 11 is 5.44. The van der Waals surface area contributed by atoms with Crippen molar-refractivity contribution in [2.24, 2.45) is 0 Å². The summed E-state index contributed by atoms with van der Waals surface area (Å²) < 4.78 is 7.85. The van der Waals surface area contributed by atoms with Crippen LogP contribution >= 0.6 is 12.2 Å². The lowest BCUT2D eigenvalue weighted by Gasteiger charge is -2.09. The number of nitrogens with zero attached hydrogens (tertiary/aromatic N) is 2. The monoisotopic (exact) mass is 285 g/mol. The van der Waals surface area contributed by atoms with Gasteiger partial charge in [0.2, 0.25) is 0 Å². The highest BCUT2D eigenvalue weighted by Gasteiger charge is 2.10. The average molecular weight is 285 g/mol. The summed E-state index contributed by atoms with van der Waals surface area (Å²) in [5.74, 6) is 0.835. The first-order valence-electron chi connectivity index (χ1n) is 6.33. The van der Waals surface area contributed by atoms with Gasteiger partial charge in [-0.15, -0.1) is 0 Å². The van der Waals surface area contributed by atoms with E-state index in [1.54, 1.807) is 7.11 Å². The van der Waals surface area contributed by atoms with Crippen LogP contribution in [0.2, 0.25) is 0 Å². The van der Waals surface area contributed by atoms with E-state index in [1.807, 2.05) is 48.7 Å². The lowest BCUT2D eigenvalue weighted by molar-refractivity contribution is 0.414. The van der Waals surface area contributed by atoms with E-state index in [1.165, 1.54) is 0 Å². The predicted molar refractivity (Wildman–Crippen MR) is 82.3 cm³/mol. The molecule has 2 aromatic heterocycles. The van der Waals surface area contributed by atoms with Crippen molar-refractivity contribution >= 4 is 23.4 Å². The van der Waals surface area contributed by atoms with Crippen LogP contribution in [0.4, 0.5) is 0 Å². The highest BCUT2D eigenvalue weighted by molar-refractivity contribution is 7.71. The minimum atomic E-state index is 0.645. The molecule has 0 saturated heterocycles. The number of aryl methyl sites for hydroxylation is 2. The number of hydrogen-bond acceptors (Lipinski definition) is 3. The van der Waals surface area contributed by atoms with Crippen LogP contribution in [0.15, 0.2) is 30.3 Å². The van der Waals surface area contributed by atoms with Crippen molar-refractivity contribution in [1.29, 1.82) is 0 Å². The third-order valence-electron chi connectivity index (χ3n) is 3.32. The molecule has 0 atom stereocenters. The Bertz CT molecular complexity index is 848. The highest BCUT2D eigenvalue weighted by Crippen LogP contribution is 2.24. The molecule has 3 rings (SSSR count). The second-order valence-corrected chi connectivity index (χ2v) is 5.13. The molecular weight excluding hydrogens is 270 g/mol. The van der Waals surface area contributed by atoms with E-state index in [2.05, 4.69) is 9.97 Å². The summed E-state index contributed by atoms with van der Waals surface area (Å²) in [4.78, 5) is 7.78. The van der Waals surface area contributed by atoms with Crippen LogP contribution in [0.1, 0.15) is 11.3 Å². The topological polar surface area (TPSA) is 42.8 Å². The Morgan fingerprint density at radius 1 is 1.20 bits per heavy atom. The number of imidazole rings is 1. The third-order valence-corrected chi connectivity index (χ3v) is 3.60. The van der Waals surface area contributed by atoms with Gasteiger partial charge in [0.15, 0.2) is 10.4 Å². The van der Waals surface area contributed by atoms with Crippen molar-refractivity contribution in [3.63, 3.8) is 0 Å². The zero-order chi connectivity index (χ0) is 14.3. The number of benzene rings is 1. The van der Waals surface area contributed by atoms with E-state index >= 15 is 0 Å². The molecule has 102 valence electrons. The third kappa shape index (κ3) is 2.00. The zero-order valence-corrected chi connectivity index (χ0v) is 12.4. The van der Waals surface area contributed by atoms with E-state index in [9.17, 15) is 0 Å². The number of rotatable bonds is 2. The number of aromatic amines is 1. The van der Waals surface area contributed by atoms with Crippen molar-refractivity contribution in [3.8, 4) is 11.4 Å². The minimum Gasteiger partial charge on any atom is -0.497 e. The number of methoxy groups -OCH3 is 1. The molecule has 20 heavy (non-hydrogen) atoms. The van der Waals surface area contributed by atoms with Gasteiger partial charge in [-0.05, 0) is 62.0 Å². The number of aromatic nitrogens is 3. The molecule has 4 nitrogen and oxygen atoms in total. The van der Waals surface area contributed by atoms with Crippen LogP contribution in [0, 0.1) is 18.6 Å². The van der Waals surface area contributed by atoms with Crippen molar-refractivity contribution in [2.75, 3.05) is 7.11 Å². The van der Waals surface area contributed by atoms with E-state index in [0.717, 1.165) is 33.9 Å². The van der Waals surface area contributed by atoms with Gasteiger partial charge in [-0.2, -0.15) is 0 Å². The fourth-order valence-corrected chi connectivity index (χ4v) is 2.60. The molecule has 1 aromatic carbocycles. The maximum Gasteiger partial charge on any atom is 0.184 e. The van der Waals surface area contributed by atoms with Crippen molar-refractivity contribution in [3.05, 3.63) is 46.4 Å². The maximum atomic E-state index is 5.44. The van der Waals surface area contributed by atoms with Gasteiger partial charge >= 0.3 is 0 Å². The molecule has 0 aliphatic rings. The molecule has 0 amide bonds. The van der Waals surface area contributed by atoms with Crippen molar-refractivity contribution < 1.29 is 4.74 Å². The van der Waals surface area contributed by atoms with Crippen molar-refractivity contribution in [2.45, 2.75) is 13.8 Å². The van der Waals surface area contributed by atoms with E-state index in [-0.39, 0.29) is 0 Å². The first kappa shape index (κ1) is 12.9. The molecule has 0 unspecified atom stereocenters. The number of pyridine rings is 1. The minimum absolute atomic E-state index is 0.645. The standard InChI is InChI=1S/C15H15N3OS/c1-9-8-11(19-3)5-7-13(9)18-14-12(17-15(18)20)6-4-10(2)16-14/h4-8H,1-3H3,(H,17,20). The summed E-state index contributed by atoms with van der Waals surface area (Å²) in [6, 6.07) is 9.90. The lowest BCUT2D eigenvalue weighted by Crippen LogP contribution is -1.99. The molecule has 0 bridgehead atoms. The Morgan fingerprint density at radius 2 is 2.00 bits per heavy atom. The second kappa shape index (κ2) is 4.76. The van der Waals surface area contributed by atoms with Crippen LogP contribution in [-0.4, -0.2) is 21.6 Å². The molecule has 3 aromatic rings. The molecule has 0 spiro atoms. The van der Waals surface area contributed by atoms with Gasteiger partial charge in [0.05, 0.1) is 18.3 Å². The maximum absolute atomic E-state index is 5.44. The molecule has 0 fully saturated rings. The number of ether oxygens (including phenoxy) is 1. The zero-order valence-electron chi connectivity index (χ0n) is 11.6. The van der Waals surface area contributed by atoms with Crippen LogP contribution in [0.25, 0.3) is 16.9 Å². The molecule has 0 aliphatic carbocycles. The van der Waals surface area contributed by atoms with Gasteiger partial charge in [-0.3, -0.25) is 4.57 Å². The summed E-state index contributed by atoms with van der Waals surface area (Å²) in [6.07, 6.45) is 0. The van der Waals surface area contributed by atoms with Gasteiger partial charge in [0.1, 0.15) is 5.75 Å².